The number of nitrogens with zero attached hydrogens (tertiary/aromatic N) is 2. The molecular formula is C15H17N3O. The summed E-state index contributed by atoms with van der Waals surface area (Å²) >= 11 is 0. The van der Waals surface area contributed by atoms with Crippen LogP contribution in [0.2, 0.25) is 0 Å². The van der Waals surface area contributed by atoms with Gasteiger partial charge in [0.1, 0.15) is 12.4 Å². The van der Waals surface area contributed by atoms with Gasteiger partial charge in [0.25, 0.3) is 0 Å². The second-order valence-electron chi connectivity index (χ2n) is 4.79. The van der Waals surface area contributed by atoms with E-state index in [1.54, 1.807) is 18.6 Å². The van der Waals surface area contributed by atoms with Gasteiger partial charge in [0.15, 0.2) is 0 Å². The largest absolute Gasteiger partial charge is 0.487 e. The first kappa shape index (κ1) is 12.1. The van der Waals surface area contributed by atoms with Crippen LogP contribution in [0.5, 0.6) is 5.75 Å². The first-order valence-corrected chi connectivity index (χ1v) is 6.60. The lowest BCUT2D eigenvalue weighted by Crippen LogP contribution is -2.16. The van der Waals surface area contributed by atoms with Crippen molar-refractivity contribution in [2.24, 2.45) is 0 Å². The van der Waals surface area contributed by atoms with E-state index in [4.69, 9.17) is 4.74 Å². The fraction of sp³-hybridized carbons (Fsp3) is 0.333. The van der Waals surface area contributed by atoms with E-state index in [9.17, 15) is 0 Å². The van der Waals surface area contributed by atoms with Gasteiger partial charge >= 0.3 is 0 Å². The number of nitrogens with one attached hydrogen (secondary N) is 1. The maximum Gasteiger partial charge on any atom is 0.138 e. The summed E-state index contributed by atoms with van der Waals surface area (Å²) in [5.41, 5.74) is 2.11. The normalized spacial score (nSPS) is 14.3. The van der Waals surface area contributed by atoms with Gasteiger partial charge in [-0.3, -0.25) is 9.97 Å². The van der Waals surface area contributed by atoms with Crippen molar-refractivity contribution in [1.29, 1.82) is 0 Å². The molecule has 0 atom stereocenters. The Hall–Kier alpha value is -1.94. The van der Waals surface area contributed by atoms with Crippen LogP contribution < -0.4 is 10.1 Å². The molecule has 0 radical (unpaired) electrons. The molecular weight excluding hydrogens is 238 g/mol. The molecule has 2 aromatic heterocycles. The van der Waals surface area contributed by atoms with Crippen molar-refractivity contribution in [2.75, 3.05) is 0 Å². The molecule has 0 aromatic carbocycles. The average Bonchev–Trinajstić information content (AvgIpc) is 3.29. The molecule has 4 heteroatoms. The summed E-state index contributed by atoms with van der Waals surface area (Å²) in [6, 6.07) is 8.59. The predicted molar refractivity (Wildman–Crippen MR) is 72.7 cm³/mol. The van der Waals surface area contributed by atoms with Gasteiger partial charge in [-0.15, -0.1) is 0 Å². The minimum atomic E-state index is 0.523. The average molecular weight is 255 g/mol. The fourth-order valence-electron chi connectivity index (χ4n) is 1.79. The van der Waals surface area contributed by atoms with E-state index in [2.05, 4.69) is 15.3 Å². The van der Waals surface area contributed by atoms with Crippen LogP contribution in [-0.4, -0.2) is 16.0 Å². The summed E-state index contributed by atoms with van der Waals surface area (Å²) in [4.78, 5) is 8.44. The van der Waals surface area contributed by atoms with Crippen LogP contribution in [0.15, 0.2) is 42.9 Å². The molecule has 98 valence electrons. The second kappa shape index (κ2) is 5.80. The first-order valence-electron chi connectivity index (χ1n) is 6.60. The van der Waals surface area contributed by atoms with Crippen molar-refractivity contribution in [3.05, 3.63) is 54.1 Å². The molecule has 0 spiro atoms. The van der Waals surface area contributed by atoms with Gasteiger partial charge in [-0.1, -0.05) is 6.07 Å². The van der Waals surface area contributed by atoms with E-state index in [1.165, 1.54) is 12.8 Å². The number of pyridine rings is 2. The van der Waals surface area contributed by atoms with Crippen molar-refractivity contribution < 1.29 is 4.74 Å². The SMILES string of the molecule is c1cncc(COc2ccc(CNC3CC3)nc2)c1. The number of rotatable bonds is 6. The Kier molecular flexibility index (Phi) is 3.70. The van der Waals surface area contributed by atoms with E-state index < -0.39 is 0 Å². The zero-order chi connectivity index (χ0) is 12.9. The topological polar surface area (TPSA) is 47.0 Å². The predicted octanol–water partition coefficient (Wildman–Crippen LogP) is 2.31. The molecule has 0 saturated heterocycles. The zero-order valence-electron chi connectivity index (χ0n) is 10.7. The van der Waals surface area contributed by atoms with Crippen LogP contribution >= 0.6 is 0 Å². The molecule has 2 aromatic rings. The summed E-state index contributed by atoms with van der Waals surface area (Å²) in [5, 5.41) is 3.44. The third kappa shape index (κ3) is 3.76. The monoisotopic (exact) mass is 255 g/mol. The lowest BCUT2D eigenvalue weighted by molar-refractivity contribution is 0.304. The summed E-state index contributed by atoms with van der Waals surface area (Å²) < 4.78 is 5.66. The molecule has 19 heavy (non-hydrogen) atoms. The van der Waals surface area contributed by atoms with Gasteiger partial charge in [0.05, 0.1) is 11.9 Å². The Balaban J connectivity index is 1.50. The highest BCUT2D eigenvalue weighted by atomic mass is 16.5. The molecule has 1 aliphatic rings. The number of hydrogen-bond acceptors (Lipinski definition) is 4. The Morgan fingerprint density at radius 1 is 1.21 bits per heavy atom. The van der Waals surface area contributed by atoms with E-state index in [1.807, 2.05) is 24.3 Å². The molecule has 0 amide bonds. The molecule has 1 fully saturated rings. The van der Waals surface area contributed by atoms with Crippen molar-refractivity contribution in [3.8, 4) is 5.75 Å². The van der Waals surface area contributed by atoms with Crippen molar-refractivity contribution >= 4 is 0 Å². The third-order valence-corrected chi connectivity index (χ3v) is 3.08. The Bertz CT molecular complexity index is 509. The highest BCUT2D eigenvalue weighted by molar-refractivity contribution is 5.20. The maximum absolute atomic E-state index is 5.66. The number of hydrogen-bond donors (Lipinski definition) is 1. The van der Waals surface area contributed by atoms with Gasteiger partial charge in [0.2, 0.25) is 0 Å². The van der Waals surface area contributed by atoms with Gasteiger partial charge in [-0.2, -0.15) is 0 Å². The molecule has 0 unspecified atom stereocenters. The van der Waals surface area contributed by atoms with Crippen LogP contribution in [0, 0.1) is 0 Å². The summed E-state index contributed by atoms with van der Waals surface area (Å²) in [6.45, 7) is 1.36. The molecule has 1 N–H and O–H groups in total. The molecule has 3 rings (SSSR count). The summed E-state index contributed by atoms with van der Waals surface area (Å²) in [7, 11) is 0. The van der Waals surface area contributed by atoms with E-state index in [0.717, 1.165) is 23.6 Å². The van der Waals surface area contributed by atoms with Crippen LogP contribution in [0.4, 0.5) is 0 Å². The Labute approximate surface area is 112 Å². The van der Waals surface area contributed by atoms with Crippen LogP contribution in [0.1, 0.15) is 24.1 Å². The van der Waals surface area contributed by atoms with Gasteiger partial charge in [0, 0.05) is 30.5 Å². The van der Waals surface area contributed by atoms with E-state index in [-0.39, 0.29) is 0 Å². The third-order valence-electron chi connectivity index (χ3n) is 3.08. The summed E-state index contributed by atoms with van der Waals surface area (Å²) in [6.07, 6.45) is 7.94. The second-order valence-corrected chi connectivity index (χ2v) is 4.79. The van der Waals surface area contributed by atoms with Gasteiger partial charge in [-0.05, 0) is 31.0 Å². The van der Waals surface area contributed by atoms with Gasteiger partial charge in [-0.25, -0.2) is 0 Å². The van der Waals surface area contributed by atoms with Crippen LogP contribution in [0.3, 0.4) is 0 Å². The lowest BCUT2D eigenvalue weighted by Gasteiger charge is -2.07. The van der Waals surface area contributed by atoms with Crippen LogP contribution in [0.25, 0.3) is 0 Å². The minimum Gasteiger partial charge on any atom is -0.487 e. The zero-order valence-corrected chi connectivity index (χ0v) is 10.7. The molecule has 1 saturated carbocycles. The number of aromatic nitrogens is 2. The number of ether oxygens (including phenoxy) is 1. The molecule has 1 aliphatic carbocycles. The smallest absolute Gasteiger partial charge is 0.138 e. The van der Waals surface area contributed by atoms with Gasteiger partial charge < -0.3 is 10.1 Å². The standard InChI is InChI=1S/C15H17N3O/c1-2-12(8-16-7-1)11-19-15-6-5-14(18-10-15)9-17-13-3-4-13/h1-2,5-8,10,13,17H,3-4,9,11H2. The Morgan fingerprint density at radius 2 is 2.16 bits per heavy atom. The van der Waals surface area contributed by atoms with E-state index in [0.29, 0.717) is 12.6 Å². The lowest BCUT2D eigenvalue weighted by atomic mass is 10.3. The molecule has 4 nitrogen and oxygen atoms in total. The molecule has 0 aliphatic heterocycles. The summed E-state index contributed by atoms with van der Waals surface area (Å²) in [5.74, 6) is 0.791. The molecule has 2 heterocycles. The highest BCUT2D eigenvalue weighted by Crippen LogP contribution is 2.19. The first-order chi connectivity index (χ1) is 9.40. The highest BCUT2D eigenvalue weighted by Gasteiger charge is 2.19. The quantitative estimate of drug-likeness (QED) is 0.860. The maximum atomic E-state index is 5.66. The van der Waals surface area contributed by atoms with E-state index >= 15 is 0 Å². The fourth-order valence-corrected chi connectivity index (χ4v) is 1.79. The van der Waals surface area contributed by atoms with Crippen molar-refractivity contribution in [3.63, 3.8) is 0 Å². The molecule has 0 bridgehead atoms. The Morgan fingerprint density at radius 3 is 2.84 bits per heavy atom. The van der Waals surface area contributed by atoms with Crippen molar-refractivity contribution in [1.82, 2.24) is 15.3 Å². The minimum absolute atomic E-state index is 0.523. The van der Waals surface area contributed by atoms with Crippen LogP contribution in [-0.2, 0) is 13.2 Å². The van der Waals surface area contributed by atoms with Crippen molar-refractivity contribution in [2.45, 2.75) is 32.0 Å².